The molecular weight excluding hydrogens is 420 g/mol. The van der Waals surface area contributed by atoms with Crippen LogP contribution in [0.3, 0.4) is 0 Å². The van der Waals surface area contributed by atoms with Crippen molar-refractivity contribution >= 4 is 18.0 Å². The summed E-state index contributed by atoms with van der Waals surface area (Å²) in [5.74, 6) is -0.878. The number of ether oxygens (including phenoxy) is 1. The third kappa shape index (κ3) is 4.87. The van der Waals surface area contributed by atoms with Gasteiger partial charge in [-0.15, -0.1) is 0 Å². The van der Waals surface area contributed by atoms with Gasteiger partial charge in [0.2, 0.25) is 5.91 Å². The Hall–Kier alpha value is -3.35. The van der Waals surface area contributed by atoms with Crippen LogP contribution in [0, 0.1) is 5.92 Å². The number of amides is 2. The van der Waals surface area contributed by atoms with Crippen LogP contribution in [0.1, 0.15) is 50.2 Å². The third-order valence-corrected chi connectivity index (χ3v) is 6.63. The average molecular weight is 451 g/mol. The SMILES string of the molecule is CC(C)(NC(=O)OCC1c2ccccc2-c2ccccc21)C(=O)N1CCC(CCC(=O)O)C1. The fraction of sp³-hybridized carbons (Fsp3) is 0.423. The Bertz CT molecular complexity index is 1020. The maximum Gasteiger partial charge on any atom is 0.408 e. The van der Waals surface area contributed by atoms with Crippen molar-refractivity contribution < 1.29 is 24.2 Å². The van der Waals surface area contributed by atoms with Crippen LogP contribution in [0.15, 0.2) is 48.5 Å². The van der Waals surface area contributed by atoms with E-state index in [9.17, 15) is 14.4 Å². The molecule has 7 nitrogen and oxygen atoms in total. The molecule has 2 aromatic carbocycles. The number of likely N-dealkylation sites (tertiary alicyclic amines) is 1. The Kier molecular flexibility index (Phi) is 6.40. The lowest BCUT2D eigenvalue weighted by Crippen LogP contribution is -2.55. The number of hydrogen-bond acceptors (Lipinski definition) is 4. The molecule has 7 heteroatoms. The van der Waals surface area contributed by atoms with Gasteiger partial charge in [-0.05, 0) is 54.9 Å². The third-order valence-electron chi connectivity index (χ3n) is 6.63. The highest BCUT2D eigenvalue weighted by Gasteiger charge is 2.38. The number of fused-ring (bicyclic) bond motifs is 3. The number of carboxylic acids is 1. The van der Waals surface area contributed by atoms with Crippen LogP contribution in [0.5, 0.6) is 0 Å². The minimum atomic E-state index is -1.12. The maximum atomic E-state index is 13.0. The van der Waals surface area contributed by atoms with E-state index in [1.165, 1.54) is 0 Å². The van der Waals surface area contributed by atoms with Crippen LogP contribution in [-0.4, -0.2) is 53.2 Å². The lowest BCUT2D eigenvalue weighted by atomic mass is 9.98. The van der Waals surface area contributed by atoms with Crippen molar-refractivity contribution in [2.75, 3.05) is 19.7 Å². The van der Waals surface area contributed by atoms with E-state index in [4.69, 9.17) is 9.84 Å². The summed E-state index contributed by atoms with van der Waals surface area (Å²) < 4.78 is 5.59. The number of carbonyl (C=O) groups excluding carboxylic acids is 2. The molecule has 1 heterocycles. The molecule has 1 atom stereocenters. The first-order valence-electron chi connectivity index (χ1n) is 11.4. The summed E-state index contributed by atoms with van der Waals surface area (Å²) in [5, 5.41) is 11.6. The first-order chi connectivity index (χ1) is 15.8. The summed E-state index contributed by atoms with van der Waals surface area (Å²) in [5.41, 5.74) is 3.45. The molecule has 33 heavy (non-hydrogen) atoms. The molecule has 0 bridgehead atoms. The highest BCUT2D eigenvalue weighted by atomic mass is 16.5. The van der Waals surface area contributed by atoms with Gasteiger partial charge in [-0.2, -0.15) is 0 Å². The summed E-state index contributed by atoms with van der Waals surface area (Å²) >= 11 is 0. The minimum absolute atomic E-state index is 0.0458. The predicted molar refractivity (Wildman–Crippen MR) is 124 cm³/mol. The van der Waals surface area contributed by atoms with Gasteiger partial charge in [0.05, 0.1) is 0 Å². The molecule has 2 aromatic rings. The van der Waals surface area contributed by atoms with E-state index in [1.807, 2.05) is 24.3 Å². The quantitative estimate of drug-likeness (QED) is 0.664. The number of aliphatic carboxylic acids is 1. The molecule has 4 rings (SSSR count). The van der Waals surface area contributed by atoms with Crippen molar-refractivity contribution in [2.45, 2.75) is 44.6 Å². The van der Waals surface area contributed by atoms with Crippen LogP contribution in [0.2, 0.25) is 0 Å². The van der Waals surface area contributed by atoms with Gasteiger partial charge in [-0.1, -0.05) is 48.5 Å². The zero-order valence-corrected chi connectivity index (χ0v) is 19.0. The summed E-state index contributed by atoms with van der Waals surface area (Å²) in [6.45, 7) is 4.61. The molecule has 2 aliphatic rings. The molecule has 1 unspecified atom stereocenters. The lowest BCUT2D eigenvalue weighted by molar-refractivity contribution is -0.137. The fourth-order valence-electron chi connectivity index (χ4n) is 4.92. The monoisotopic (exact) mass is 450 g/mol. The molecule has 1 fully saturated rings. The van der Waals surface area contributed by atoms with Gasteiger partial charge in [0.15, 0.2) is 0 Å². The van der Waals surface area contributed by atoms with E-state index >= 15 is 0 Å². The number of alkyl carbamates (subject to hydrolysis) is 1. The van der Waals surface area contributed by atoms with E-state index < -0.39 is 17.6 Å². The summed E-state index contributed by atoms with van der Waals surface area (Å²) in [7, 11) is 0. The van der Waals surface area contributed by atoms with Gasteiger partial charge in [0.25, 0.3) is 0 Å². The number of carbonyl (C=O) groups is 3. The molecule has 174 valence electrons. The number of nitrogens with zero attached hydrogens (tertiary/aromatic N) is 1. The Labute approximate surface area is 193 Å². The Morgan fingerprint density at radius 3 is 2.27 bits per heavy atom. The molecule has 1 aliphatic heterocycles. The van der Waals surface area contributed by atoms with Gasteiger partial charge in [-0.25, -0.2) is 4.79 Å². The highest BCUT2D eigenvalue weighted by molar-refractivity contribution is 5.89. The number of carboxylic acid groups (broad SMARTS) is 1. The van der Waals surface area contributed by atoms with Gasteiger partial charge in [-0.3, -0.25) is 9.59 Å². The first-order valence-corrected chi connectivity index (χ1v) is 11.4. The van der Waals surface area contributed by atoms with Crippen LogP contribution < -0.4 is 5.32 Å². The summed E-state index contributed by atoms with van der Waals surface area (Å²) in [6.07, 6.45) is 0.810. The topological polar surface area (TPSA) is 95.9 Å². The minimum Gasteiger partial charge on any atom is -0.481 e. The summed E-state index contributed by atoms with van der Waals surface area (Å²) in [4.78, 5) is 38.2. The number of nitrogens with one attached hydrogen (secondary N) is 1. The molecular formula is C26H30N2O5. The Balaban J connectivity index is 1.34. The Morgan fingerprint density at radius 1 is 1.06 bits per heavy atom. The second-order valence-corrected chi connectivity index (χ2v) is 9.41. The number of hydrogen-bond donors (Lipinski definition) is 2. The van der Waals surface area contributed by atoms with E-state index in [-0.39, 0.29) is 30.8 Å². The van der Waals surface area contributed by atoms with E-state index in [2.05, 4.69) is 29.6 Å². The van der Waals surface area contributed by atoms with Crippen LogP contribution >= 0.6 is 0 Å². The molecule has 0 saturated carbocycles. The average Bonchev–Trinajstić information content (AvgIpc) is 3.38. The molecule has 0 spiro atoms. The van der Waals surface area contributed by atoms with Gasteiger partial charge in [0, 0.05) is 25.4 Å². The predicted octanol–water partition coefficient (Wildman–Crippen LogP) is 4.02. The lowest BCUT2D eigenvalue weighted by Gasteiger charge is -2.30. The van der Waals surface area contributed by atoms with Gasteiger partial charge >= 0.3 is 12.1 Å². The van der Waals surface area contributed by atoms with Crippen molar-refractivity contribution in [3.05, 3.63) is 59.7 Å². The van der Waals surface area contributed by atoms with Crippen LogP contribution in [0.25, 0.3) is 11.1 Å². The molecule has 2 amide bonds. The summed E-state index contributed by atoms with van der Waals surface area (Å²) in [6, 6.07) is 16.3. The molecule has 1 saturated heterocycles. The van der Waals surface area contributed by atoms with Crippen molar-refractivity contribution in [1.82, 2.24) is 10.2 Å². The molecule has 2 N–H and O–H groups in total. The zero-order chi connectivity index (χ0) is 23.6. The van der Waals surface area contributed by atoms with E-state index in [1.54, 1.807) is 18.7 Å². The smallest absolute Gasteiger partial charge is 0.408 e. The largest absolute Gasteiger partial charge is 0.481 e. The molecule has 0 aromatic heterocycles. The second kappa shape index (κ2) is 9.25. The van der Waals surface area contributed by atoms with Crippen molar-refractivity contribution in [1.29, 1.82) is 0 Å². The van der Waals surface area contributed by atoms with Gasteiger partial charge in [0.1, 0.15) is 12.1 Å². The fourth-order valence-corrected chi connectivity index (χ4v) is 4.92. The normalized spacial score (nSPS) is 17.4. The Morgan fingerprint density at radius 2 is 1.67 bits per heavy atom. The van der Waals surface area contributed by atoms with E-state index in [0.717, 1.165) is 28.7 Å². The number of benzene rings is 2. The van der Waals surface area contributed by atoms with Crippen molar-refractivity contribution in [3.8, 4) is 11.1 Å². The zero-order valence-electron chi connectivity index (χ0n) is 19.0. The molecule has 0 radical (unpaired) electrons. The van der Waals surface area contributed by atoms with Crippen LogP contribution in [-0.2, 0) is 14.3 Å². The van der Waals surface area contributed by atoms with Crippen molar-refractivity contribution in [3.63, 3.8) is 0 Å². The van der Waals surface area contributed by atoms with E-state index in [0.29, 0.717) is 19.5 Å². The maximum absolute atomic E-state index is 13.0. The van der Waals surface area contributed by atoms with Gasteiger partial charge < -0.3 is 20.1 Å². The van der Waals surface area contributed by atoms with Crippen molar-refractivity contribution in [2.24, 2.45) is 5.92 Å². The highest BCUT2D eigenvalue weighted by Crippen LogP contribution is 2.44. The van der Waals surface area contributed by atoms with Crippen LogP contribution in [0.4, 0.5) is 4.79 Å². The number of rotatable bonds is 7. The second-order valence-electron chi connectivity index (χ2n) is 9.41. The molecule has 1 aliphatic carbocycles. The standard InChI is InChI=1S/C26H30N2O5/c1-26(2,24(31)28-14-13-17(15-28)11-12-23(29)30)27-25(32)33-16-22-20-9-5-3-7-18(20)19-8-4-6-10-21(19)22/h3-10,17,22H,11-16H2,1-2H3,(H,27,32)(H,29,30). The first kappa shape index (κ1) is 22.8.